The van der Waals surface area contributed by atoms with Crippen LogP contribution in [0.15, 0.2) is 102 Å². The fraction of sp³-hybridized carbons (Fsp3) is 0.243. The topological polar surface area (TPSA) is 0 Å². The van der Waals surface area contributed by atoms with Crippen molar-refractivity contribution in [2.24, 2.45) is 0 Å². The molecular formula is C37H37Cl3Ti. The minimum atomic E-state index is -0.417. The van der Waals surface area contributed by atoms with Gasteiger partial charge in [0.1, 0.15) is 0 Å². The van der Waals surface area contributed by atoms with E-state index in [2.05, 4.69) is 139 Å². The van der Waals surface area contributed by atoms with Crippen molar-refractivity contribution in [1.29, 1.82) is 0 Å². The number of rotatable bonds is 6. The summed E-state index contributed by atoms with van der Waals surface area (Å²) in [6.45, 7) is 13.3. The Kier molecular flexibility index (Phi) is 13.9. The summed E-state index contributed by atoms with van der Waals surface area (Å²) in [4.78, 5) is 0. The van der Waals surface area contributed by atoms with Gasteiger partial charge in [-0.25, -0.2) is 17.7 Å². The van der Waals surface area contributed by atoms with Crippen LogP contribution < -0.4 is 37.2 Å². The molecule has 0 N–H and O–H groups in total. The van der Waals surface area contributed by atoms with Gasteiger partial charge >= 0.3 is 21.7 Å². The zero-order chi connectivity index (χ0) is 26.2. The van der Waals surface area contributed by atoms with Crippen molar-refractivity contribution in [3.63, 3.8) is 0 Å². The summed E-state index contributed by atoms with van der Waals surface area (Å²) in [6.07, 6.45) is 8.17. The van der Waals surface area contributed by atoms with Crippen LogP contribution in [0.4, 0.5) is 0 Å². The molecule has 0 amide bonds. The third kappa shape index (κ3) is 7.87. The van der Waals surface area contributed by atoms with Crippen LogP contribution in [-0.2, 0) is 33.6 Å². The molecule has 4 heteroatoms. The molecule has 0 spiro atoms. The molecule has 41 heavy (non-hydrogen) atoms. The summed E-state index contributed by atoms with van der Waals surface area (Å²) < 4.78 is 0. The Hall–Kier alpha value is -2.06. The zero-order valence-electron chi connectivity index (χ0n) is 24.7. The quantitative estimate of drug-likeness (QED) is 0.161. The maximum Gasteiger partial charge on any atom is 4.00 e. The minimum absolute atomic E-state index is 0. The van der Waals surface area contributed by atoms with Crippen molar-refractivity contribution in [3.8, 4) is 0 Å². The predicted molar refractivity (Wildman–Crippen MR) is 157 cm³/mol. The van der Waals surface area contributed by atoms with Gasteiger partial charge in [0.2, 0.25) is 0 Å². The summed E-state index contributed by atoms with van der Waals surface area (Å²) in [5.74, 6) is 0. The molecule has 1 aliphatic carbocycles. The molecule has 0 saturated heterocycles. The second-order valence-electron chi connectivity index (χ2n) is 11.1. The summed E-state index contributed by atoms with van der Waals surface area (Å²) >= 11 is 0. The Bertz CT molecular complexity index is 1350. The molecule has 0 radical (unpaired) electrons. The average molecular weight is 636 g/mol. The number of benzene rings is 4. The molecule has 0 fully saturated rings. The van der Waals surface area contributed by atoms with Gasteiger partial charge in [0.05, 0.1) is 0 Å². The molecule has 210 valence electrons. The summed E-state index contributed by atoms with van der Waals surface area (Å²) in [7, 11) is 0. The van der Waals surface area contributed by atoms with Gasteiger partial charge in [0.25, 0.3) is 0 Å². The van der Waals surface area contributed by atoms with E-state index >= 15 is 0 Å². The van der Waals surface area contributed by atoms with Gasteiger partial charge in [-0.1, -0.05) is 125 Å². The number of halogens is 3. The van der Waals surface area contributed by atoms with Gasteiger partial charge in [-0.2, -0.15) is 5.57 Å². The van der Waals surface area contributed by atoms with Crippen molar-refractivity contribution < 1.29 is 58.9 Å². The molecule has 0 bridgehead atoms. The molecule has 0 heterocycles. The van der Waals surface area contributed by atoms with E-state index in [0.717, 1.165) is 12.8 Å². The van der Waals surface area contributed by atoms with Gasteiger partial charge in [-0.05, 0) is 70.2 Å². The number of hydrogen-bond donors (Lipinski definition) is 0. The molecule has 0 aliphatic heterocycles. The molecule has 4 aromatic rings. The molecular weight excluding hydrogens is 599 g/mol. The zero-order valence-corrected chi connectivity index (χ0v) is 28.5. The Balaban J connectivity index is 0.00000210. The first-order valence-corrected chi connectivity index (χ1v) is 13.4. The standard InChI is InChI=1S/C37H37.3ClH.Ti/c1-25-14-26(2)18-34(17-25)37(35-19-27(3)15-28(4)20-35,36-21-29(5)16-30(6)22-36)33-13-12-32(24-33)23-31-10-8-7-9-11-31;;;;/h7-12,14-22H,13,23H2,1-6H3;3*1H;/q-1;;;;+4/p-3. The monoisotopic (exact) mass is 634 g/mol. The number of allylic oxidation sites excluding steroid dienone is 4. The largest absolute Gasteiger partial charge is 4.00 e. The molecule has 4 aromatic carbocycles. The van der Waals surface area contributed by atoms with Crippen molar-refractivity contribution in [1.82, 2.24) is 0 Å². The Morgan fingerprint density at radius 3 is 1.29 bits per heavy atom. The fourth-order valence-electron chi connectivity index (χ4n) is 6.30. The van der Waals surface area contributed by atoms with E-state index in [1.54, 1.807) is 0 Å². The van der Waals surface area contributed by atoms with Crippen LogP contribution in [0.1, 0.15) is 62.1 Å². The molecule has 0 saturated carbocycles. The maximum atomic E-state index is 3.97. The van der Waals surface area contributed by atoms with Crippen molar-refractivity contribution in [2.75, 3.05) is 0 Å². The smallest absolute Gasteiger partial charge is 1.00 e. The van der Waals surface area contributed by atoms with E-state index in [1.165, 1.54) is 66.8 Å². The van der Waals surface area contributed by atoms with Crippen molar-refractivity contribution in [2.45, 2.75) is 59.8 Å². The average Bonchev–Trinajstić information content (AvgIpc) is 3.27. The van der Waals surface area contributed by atoms with Crippen molar-refractivity contribution in [3.05, 3.63) is 164 Å². The van der Waals surface area contributed by atoms with Gasteiger partial charge in [-0.15, -0.1) is 0 Å². The molecule has 5 rings (SSSR count). The van der Waals surface area contributed by atoms with Crippen LogP contribution in [-0.4, -0.2) is 0 Å². The van der Waals surface area contributed by atoms with E-state index in [-0.39, 0.29) is 58.9 Å². The minimum Gasteiger partial charge on any atom is -1.00 e. The van der Waals surface area contributed by atoms with Crippen molar-refractivity contribution >= 4 is 0 Å². The van der Waals surface area contributed by atoms with Crippen LogP contribution in [0.2, 0.25) is 0 Å². The molecule has 0 nitrogen and oxygen atoms in total. The Morgan fingerprint density at radius 2 is 0.927 bits per heavy atom. The van der Waals surface area contributed by atoms with Crippen LogP contribution in [0.5, 0.6) is 0 Å². The van der Waals surface area contributed by atoms with Crippen LogP contribution in [0.25, 0.3) is 0 Å². The normalized spacial score (nSPS) is 12.1. The van der Waals surface area contributed by atoms with Gasteiger partial charge in [-0.3, -0.25) is 0 Å². The summed E-state index contributed by atoms with van der Waals surface area (Å²) in [5, 5.41) is 0. The van der Waals surface area contributed by atoms with Gasteiger partial charge in [0, 0.05) is 5.41 Å². The van der Waals surface area contributed by atoms with Crippen LogP contribution >= 0.6 is 0 Å². The van der Waals surface area contributed by atoms with E-state index in [0.29, 0.717) is 0 Å². The van der Waals surface area contributed by atoms with E-state index in [4.69, 9.17) is 0 Å². The Morgan fingerprint density at radius 1 is 0.561 bits per heavy atom. The first-order valence-electron chi connectivity index (χ1n) is 13.4. The molecule has 0 unspecified atom stereocenters. The SMILES string of the molecule is Cc1cc(C)cc(C(C2=[C-]C(Cc3ccccc3)=CC2)(c2cc(C)cc(C)c2)c2cc(C)cc(C)c2)c1.[Cl-].[Cl-].[Cl-].[Ti+4]. The Labute approximate surface area is 280 Å². The fourth-order valence-corrected chi connectivity index (χ4v) is 6.30. The third-order valence-electron chi connectivity index (χ3n) is 7.52. The molecule has 0 aromatic heterocycles. The maximum absolute atomic E-state index is 3.97. The first-order chi connectivity index (χ1) is 17.7. The summed E-state index contributed by atoms with van der Waals surface area (Å²) in [5.41, 5.74) is 15.3. The van der Waals surface area contributed by atoms with E-state index in [9.17, 15) is 0 Å². The van der Waals surface area contributed by atoms with Crippen LogP contribution in [0.3, 0.4) is 0 Å². The van der Waals surface area contributed by atoms with Crippen LogP contribution in [0, 0.1) is 47.6 Å². The van der Waals surface area contributed by atoms with Gasteiger partial charge < -0.3 is 37.2 Å². The van der Waals surface area contributed by atoms with E-state index in [1.807, 2.05) is 0 Å². The summed E-state index contributed by atoms with van der Waals surface area (Å²) in [6, 6.07) is 32.0. The number of hydrogen-bond acceptors (Lipinski definition) is 0. The molecule has 0 atom stereocenters. The van der Waals surface area contributed by atoms with Gasteiger partial charge in [0.15, 0.2) is 0 Å². The predicted octanol–water partition coefficient (Wildman–Crippen LogP) is 0.183. The number of aryl methyl sites for hydroxylation is 6. The van der Waals surface area contributed by atoms with E-state index < -0.39 is 5.41 Å². The first kappa shape index (κ1) is 37.0. The second kappa shape index (κ2) is 15.4. The molecule has 1 aliphatic rings. The second-order valence-corrected chi connectivity index (χ2v) is 11.1. The third-order valence-corrected chi connectivity index (χ3v) is 7.52.